The Morgan fingerprint density at radius 3 is 2.94 bits per heavy atom. The van der Waals surface area contributed by atoms with Gasteiger partial charge in [0.25, 0.3) is 0 Å². The summed E-state index contributed by atoms with van der Waals surface area (Å²) in [6.45, 7) is 4.60. The van der Waals surface area contributed by atoms with Crippen LogP contribution < -0.4 is 5.32 Å². The average Bonchev–Trinajstić information content (AvgIpc) is 2.83. The fraction of sp³-hybridized carbons (Fsp3) is 0.600. The lowest BCUT2D eigenvalue weighted by Gasteiger charge is -2.30. The van der Waals surface area contributed by atoms with Crippen molar-refractivity contribution in [3.05, 3.63) is 34.3 Å². The molecule has 100 valence electrons. The second-order valence-corrected chi connectivity index (χ2v) is 6.13. The second kappa shape index (κ2) is 6.69. The molecule has 1 saturated heterocycles. The van der Waals surface area contributed by atoms with Gasteiger partial charge in [-0.3, -0.25) is 4.90 Å². The number of hydrogen-bond acceptors (Lipinski definition) is 2. The Morgan fingerprint density at radius 1 is 1.50 bits per heavy atom. The van der Waals surface area contributed by atoms with E-state index in [1.54, 1.807) is 0 Å². The van der Waals surface area contributed by atoms with E-state index in [0.717, 1.165) is 13.0 Å². The Labute approximate surface area is 119 Å². The van der Waals surface area contributed by atoms with Crippen LogP contribution in [-0.2, 0) is 0 Å². The maximum atomic E-state index is 3.58. The van der Waals surface area contributed by atoms with E-state index in [2.05, 4.69) is 64.4 Å². The third-order valence-electron chi connectivity index (χ3n) is 3.82. The Bertz CT molecular complexity index is 375. The number of benzene rings is 1. The highest BCUT2D eigenvalue weighted by molar-refractivity contribution is 9.10. The maximum Gasteiger partial charge on any atom is 0.0343 e. The summed E-state index contributed by atoms with van der Waals surface area (Å²) in [5.41, 5.74) is 1.41. The first-order valence-electron chi connectivity index (χ1n) is 6.89. The molecule has 0 spiro atoms. The van der Waals surface area contributed by atoms with E-state index in [9.17, 15) is 0 Å². The van der Waals surface area contributed by atoms with Crippen molar-refractivity contribution in [3.63, 3.8) is 0 Å². The molecule has 3 heteroatoms. The van der Waals surface area contributed by atoms with E-state index in [0.29, 0.717) is 12.1 Å². The highest BCUT2D eigenvalue weighted by Gasteiger charge is 2.21. The molecule has 0 bridgehead atoms. The lowest BCUT2D eigenvalue weighted by Crippen LogP contribution is -2.37. The van der Waals surface area contributed by atoms with Gasteiger partial charge in [0, 0.05) is 23.1 Å². The third-order valence-corrected chi connectivity index (χ3v) is 4.32. The van der Waals surface area contributed by atoms with Crippen LogP contribution in [0, 0.1) is 0 Å². The summed E-state index contributed by atoms with van der Waals surface area (Å²) in [5.74, 6) is 0. The van der Waals surface area contributed by atoms with Gasteiger partial charge >= 0.3 is 0 Å². The van der Waals surface area contributed by atoms with Crippen LogP contribution >= 0.6 is 15.9 Å². The topological polar surface area (TPSA) is 15.3 Å². The quantitative estimate of drug-likeness (QED) is 0.894. The standard InChI is InChI=1S/C15H23BrN2/c1-3-15(12-6-4-7-13(16)10-12)18(2)11-14-8-5-9-17-14/h4,6-7,10,14-15,17H,3,5,8-9,11H2,1-2H3. The molecule has 0 saturated carbocycles. The molecule has 1 aliphatic heterocycles. The largest absolute Gasteiger partial charge is 0.313 e. The van der Waals surface area contributed by atoms with Gasteiger partial charge < -0.3 is 5.32 Å². The molecule has 2 rings (SSSR count). The monoisotopic (exact) mass is 310 g/mol. The molecule has 0 aliphatic carbocycles. The number of likely N-dealkylation sites (N-methyl/N-ethyl adjacent to an activating group) is 1. The van der Waals surface area contributed by atoms with E-state index >= 15 is 0 Å². The van der Waals surface area contributed by atoms with Crippen LogP contribution in [0.2, 0.25) is 0 Å². The molecule has 0 amide bonds. The van der Waals surface area contributed by atoms with Crippen molar-refractivity contribution in [1.29, 1.82) is 0 Å². The van der Waals surface area contributed by atoms with E-state index < -0.39 is 0 Å². The predicted octanol–water partition coefficient (Wildman–Crippen LogP) is 3.58. The molecule has 1 aromatic rings. The first kappa shape index (κ1) is 14.0. The molecule has 0 aromatic heterocycles. The zero-order valence-corrected chi connectivity index (χ0v) is 12.9. The number of nitrogens with zero attached hydrogens (tertiary/aromatic N) is 1. The van der Waals surface area contributed by atoms with Crippen molar-refractivity contribution < 1.29 is 0 Å². The minimum absolute atomic E-state index is 0.518. The fourth-order valence-electron chi connectivity index (χ4n) is 2.90. The average molecular weight is 311 g/mol. The molecular weight excluding hydrogens is 288 g/mol. The third kappa shape index (κ3) is 3.56. The first-order valence-corrected chi connectivity index (χ1v) is 7.69. The maximum absolute atomic E-state index is 3.58. The molecule has 1 aliphatic rings. The molecule has 2 unspecified atom stereocenters. The predicted molar refractivity (Wildman–Crippen MR) is 80.8 cm³/mol. The van der Waals surface area contributed by atoms with Gasteiger partial charge in [-0.15, -0.1) is 0 Å². The summed E-state index contributed by atoms with van der Waals surface area (Å²) in [6, 6.07) is 9.89. The molecule has 2 nitrogen and oxygen atoms in total. The molecule has 1 heterocycles. The van der Waals surface area contributed by atoms with E-state index in [4.69, 9.17) is 0 Å². The molecule has 1 aromatic carbocycles. The van der Waals surface area contributed by atoms with Gasteiger partial charge in [-0.05, 0) is 50.6 Å². The number of halogens is 1. The van der Waals surface area contributed by atoms with Crippen LogP contribution in [0.25, 0.3) is 0 Å². The zero-order valence-electron chi connectivity index (χ0n) is 11.3. The lowest BCUT2D eigenvalue weighted by atomic mass is 10.0. The van der Waals surface area contributed by atoms with Crippen molar-refractivity contribution in [3.8, 4) is 0 Å². The Hall–Kier alpha value is -0.380. The molecule has 1 fully saturated rings. The van der Waals surface area contributed by atoms with Crippen molar-refractivity contribution in [1.82, 2.24) is 10.2 Å². The van der Waals surface area contributed by atoms with Gasteiger partial charge in [0.05, 0.1) is 0 Å². The SMILES string of the molecule is CCC(c1cccc(Br)c1)N(C)CC1CCCN1. The van der Waals surface area contributed by atoms with Crippen LogP contribution in [-0.4, -0.2) is 31.1 Å². The van der Waals surface area contributed by atoms with Crippen LogP contribution in [0.3, 0.4) is 0 Å². The highest BCUT2D eigenvalue weighted by atomic mass is 79.9. The van der Waals surface area contributed by atoms with Gasteiger partial charge in [-0.1, -0.05) is 35.0 Å². The minimum Gasteiger partial charge on any atom is -0.313 e. The van der Waals surface area contributed by atoms with Gasteiger partial charge in [-0.2, -0.15) is 0 Å². The van der Waals surface area contributed by atoms with Crippen LogP contribution in [0.15, 0.2) is 28.7 Å². The van der Waals surface area contributed by atoms with Crippen LogP contribution in [0.5, 0.6) is 0 Å². The van der Waals surface area contributed by atoms with E-state index in [-0.39, 0.29) is 0 Å². The summed E-state index contributed by atoms with van der Waals surface area (Å²) >= 11 is 3.57. The number of hydrogen-bond donors (Lipinski definition) is 1. The summed E-state index contributed by atoms with van der Waals surface area (Å²) in [6.07, 6.45) is 3.80. The molecule has 1 N–H and O–H groups in total. The second-order valence-electron chi connectivity index (χ2n) is 5.21. The van der Waals surface area contributed by atoms with Crippen molar-refractivity contribution >= 4 is 15.9 Å². The smallest absolute Gasteiger partial charge is 0.0343 e. The molecule has 2 atom stereocenters. The Morgan fingerprint density at radius 2 is 2.33 bits per heavy atom. The molecule has 18 heavy (non-hydrogen) atoms. The minimum atomic E-state index is 0.518. The van der Waals surface area contributed by atoms with Crippen LogP contribution in [0.1, 0.15) is 37.8 Å². The normalized spacial score (nSPS) is 21.4. The van der Waals surface area contributed by atoms with Gasteiger partial charge in [0.2, 0.25) is 0 Å². The summed E-state index contributed by atoms with van der Waals surface area (Å²) < 4.78 is 1.17. The van der Waals surface area contributed by atoms with Crippen molar-refractivity contribution in [2.24, 2.45) is 0 Å². The van der Waals surface area contributed by atoms with E-state index in [1.165, 1.54) is 29.4 Å². The number of rotatable bonds is 5. The highest BCUT2D eigenvalue weighted by Crippen LogP contribution is 2.26. The van der Waals surface area contributed by atoms with E-state index in [1.807, 2.05) is 0 Å². The zero-order chi connectivity index (χ0) is 13.0. The summed E-state index contributed by atoms with van der Waals surface area (Å²) in [7, 11) is 2.25. The van der Waals surface area contributed by atoms with Gasteiger partial charge in [0.1, 0.15) is 0 Å². The Balaban J connectivity index is 2.02. The van der Waals surface area contributed by atoms with Crippen molar-refractivity contribution in [2.45, 2.75) is 38.3 Å². The van der Waals surface area contributed by atoms with Gasteiger partial charge in [-0.25, -0.2) is 0 Å². The Kier molecular flexibility index (Phi) is 5.22. The lowest BCUT2D eigenvalue weighted by molar-refractivity contribution is 0.218. The van der Waals surface area contributed by atoms with Crippen LogP contribution in [0.4, 0.5) is 0 Å². The first-order chi connectivity index (χ1) is 8.70. The summed E-state index contributed by atoms with van der Waals surface area (Å²) in [4.78, 5) is 2.49. The fourth-order valence-corrected chi connectivity index (χ4v) is 3.32. The molecular formula is C15H23BrN2. The van der Waals surface area contributed by atoms with Crippen molar-refractivity contribution in [2.75, 3.05) is 20.1 Å². The molecule has 0 radical (unpaired) electrons. The number of nitrogens with one attached hydrogen (secondary N) is 1. The van der Waals surface area contributed by atoms with Gasteiger partial charge in [0.15, 0.2) is 0 Å². The summed E-state index contributed by atoms with van der Waals surface area (Å²) in [5, 5.41) is 3.58.